The molecule has 1 aromatic heterocycles. The van der Waals surface area contributed by atoms with Crippen LogP contribution >= 0.6 is 0 Å². The summed E-state index contributed by atoms with van der Waals surface area (Å²) in [7, 11) is 1.80. The average molecular weight is 284 g/mol. The smallest absolute Gasteiger partial charge is 0.219 e. The van der Waals surface area contributed by atoms with Crippen LogP contribution in [0, 0.1) is 6.92 Å². The molecule has 1 heterocycles. The van der Waals surface area contributed by atoms with E-state index < -0.39 is 0 Å². The standard InChI is InChI=1S/C16H20N4O/c1-12-17-9-8-15(19-12)10-18-16-7-5-4-6-14(16)11-20(3)13(2)21/h4-9,18H,10-11H2,1-3H3. The molecule has 1 amide bonds. The molecular formula is C16H20N4O. The monoisotopic (exact) mass is 284 g/mol. The van der Waals surface area contributed by atoms with Crippen LogP contribution in [-0.2, 0) is 17.9 Å². The van der Waals surface area contributed by atoms with Crippen LogP contribution in [-0.4, -0.2) is 27.8 Å². The Morgan fingerprint density at radius 2 is 2.05 bits per heavy atom. The predicted molar refractivity (Wildman–Crippen MR) is 82.7 cm³/mol. The van der Waals surface area contributed by atoms with E-state index in [1.54, 1.807) is 25.1 Å². The van der Waals surface area contributed by atoms with Crippen molar-refractivity contribution >= 4 is 11.6 Å². The van der Waals surface area contributed by atoms with Crippen LogP contribution in [0.4, 0.5) is 5.69 Å². The number of amides is 1. The van der Waals surface area contributed by atoms with Gasteiger partial charge in [0.2, 0.25) is 5.91 Å². The van der Waals surface area contributed by atoms with Crippen LogP contribution in [0.25, 0.3) is 0 Å². The molecular weight excluding hydrogens is 264 g/mol. The number of anilines is 1. The first-order valence-corrected chi connectivity index (χ1v) is 6.88. The van der Waals surface area contributed by atoms with Gasteiger partial charge >= 0.3 is 0 Å². The average Bonchev–Trinajstić information content (AvgIpc) is 2.46. The van der Waals surface area contributed by atoms with Gasteiger partial charge < -0.3 is 10.2 Å². The highest BCUT2D eigenvalue weighted by molar-refractivity contribution is 5.73. The summed E-state index contributed by atoms with van der Waals surface area (Å²) in [4.78, 5) is 21.5. The number of carbonyl (C=O) groups excluding carboxylic acids is 1. The number of nitrogens with zero attached hydrogens (tertiary/aromatic N) is 3. The Labute approximate surface area is 125 Å². The number of para-hydroxylation sites is 1. The minimum absolute atomic E-state index is 0.0521. The maximum atomic E-state index is 11.4. The van der Waals surface area contributed by atoms with Crippen molar-refractivity contribution in [3.05, 3.63) is 53.6 Å². The lowest BCUT2D eigenvalue weighted by molar-refractivity contribution is -0.128. The Hall–Kier alpha value is -2.43. The molecule has 0 aliphatic rings. The molecule has 0 unspecified atom stereocenters. The molecule has 2 rings (SSSR count). The highest BCUT2D eigenvalue weighted by Gasteiger charge is 2.07. The first-order chi connectivity index (χ1) is 10.1. The van der Waals surface area contributed by atoms with E-state index in [-0.39, 0.29) is 5.91 Å². The summed E-state index contributed by atoms with van der Waals surface area (Å²) in [5, 5.41) is 3.37. The van der Waals surface area contributed by atoms with Crippen molar-refractivity contribution in [2.75, 3.05) is 12.4 Å². The zero-order valence-electron chi connectivity index (χ0n) is 12.6. The highest BCUT2D eigenvalue weighted by atomic mass is 16.2. The van der Waals surface area contributed by atoms with Crippen LogP contribution in [0.5, 0.6) is 0 Å². The van der Waals surface area contributed by atoms with E-state index in [0.717, 1.165) is 22.8 Å². The molecule has 21 heavy (non-hydrogen) atoms. The summed E-state index contributed by atoms with van der Waals surface area (Å²) in [5.74, 6) is 0.815. The molecule has 1 N–H and O–H groups in total. The Bertz CT molecular complexity index is 627. The molecule has 0 aliphatic heterocycles. The molecule has 0 saturated carbocycles. The molecule has 1 aromatic carbocycles. The van der Waals surface area contributed by atoms with Gasteiger partial charge in [-0.05, 0) is 24.6 Å². The maximum absolute atomic E-state index is 11.4. The second kappa shape index (κ2) is 6.83. The fourth-order valence-electron chi connectivity index (χ4n) is 1.99. The molecule has 110 valence electrons. The minimum atomic E-state index is 0.0521. The normalized spacial score (nSPS) is 10.2. The summed E-state index contributed by atoms with van der Waals surface area (Å²) in [6, 6.07) is 9.88. The number of aromatic nitrogens is 2. The van der Waals surface area contributed by atoms with E-state index in [0.29, 0.717) is 13.1 Å². The molecule has 0 radical (unpaired) electrons. The van der Waals surface area contributed by atoms with Gasteiger partial charge in [-0.1, -0.05) is 18.2 Å². The lowest BCUT2D eigenvalue weighted by Crippen LogP contribution is -2.23. The van der Waals surface area contributed by atoms with E-state index in [1.807, 2.05) is 37.3 Å². The summed E-state index contributed by atoms with van der Waals surface area (Å²) in [5.41, 5.74) is 3.04. The van der Waals surface area contributed by atoms with Crippen molar-refractivity contribution in [2.24, 2.45) is 0 Å². The number of nitrogens with one attached hydrogen (secondary N) is 1. The molecule has 0 bridgehead atoms. The number of benzene rings is 1. The van der Waals surface area contributed by atoms with E-state index in [9.17, 15) is 4.79 Å². The molecule has 0 atom stereocenters. The summed E-state index contributed by atoms with van der Waals surface area (Å²) in [6.45, 7) is 4.66. The third-order valence-corrected chi connectivity index (χ3v) is 3.26. The predicted octanol–water partition coefficient (Wildman–Crippen LogP) is 2.38. The Kier molecular flexibility index (Phi) is 4.87. The largest absolute Gasteiger partial charge is 0.379 e. The van der Waals surface area contributed by atoms with Crippen molar-refractivity contribution in [3.63, 3.8) is 0 Å². The first-order valence-electron chi connectivity index (χ1n) is 6.88. The van der Waals surface area contributed by atoms with Crippen LogP contribution < -0.4 is 5.32 Å². The van der Waals surface area contributed by atoms with E-state index in [2.05, 4.69) is 15.3 Å². The van der Waals surface area contributed by atoms with Gasteiger partial charge in [-0.15, -0.1) is 0 Å². The molecule has 5 heteroatoms. The third kappa shape index (κ3) is 4.27. The van der Waals surface area contributed by atoms with Crippen LogP contribution in [0.2, 0.25) is 0 Å². The van der Waals surface area contributed by atoms with Crippen molar-refractivity contribution in [3.8, 4) is 0 Å². The van der Waals surface area contributed by atoms with Gasteiger partial charge in [-0.25, -0.2) is 9.97 Å². The number of aryl methyl sites for hydroxylation is 1. The number of carbonyl (C=O) groups is 1. The van der Waals surface area contributed by atoms with E-state index in [4.69, 9.17) is 0 Å². The molecule has 0 spiro atoms. The van der Waals surface area contributed by atoms with Crippen LogP contribution in [0.15, 0.2) is 36.5 Å². The Balaban J connectivity index is 2.08. The van der Waals surface area contributed by atoms with Gasteiger partial charge in [0.05, 0.1) is 12.2 Å². The molecule has 2 aromatic rings. The number of hydrogen-bond acceptors (Lipinski definition) is 4. The zero-order chi connectivity index (χ0) is 15.2. The third-order valence-electron chi connectivity index (χ3n) is 3.26. The van der Waals surface area contributed by atoms with Crippen LogP contribution in [0.1, 0.15) is 24.0 Å². The first kappa shape index (κ1) is 15.0. The quantitative estimate of drug-likeness (QED) is 0.916. The fraction of sp³-hybridized carbons (Fsp3) is 0.312. The number of hydrogen-bond donors (Lipinski definition) is 1. The van der Waals surface area contributed by atoms with Crippen molar-refractivity contribution in [1.82, 2.24) is 14.9 Å². The van der Waals surface area contributed by atoms with Crippen LogP contribution in [0.3, 0.4) is 0 Å². The summed E-state index contributed by atoms with van der Waals surface area (Å²) >= 11 is 0. The number of rotatable bonds is 5. The molecule has 5 nitrogen and oxygen atoms in total. The summed E-state index contributed by atoms with van der Waals surface area (Å²) < 4.78 is 0. The maximum Gasteiger partial charge on any atom is 0.219 e. The van der Waals surface area contributed by atoms with Gasteiger partial charge in [-0.2, -0.15) is 0 Å². The lowest BCUT2D eigenvalue weighted by atomic mass is 10.1. The highest BCUT2D eigenvalue weighted by Crippen LogP contribution is 2.17. The van der Waals surface area contributed by atoms with Gasteiger partial charge in [0.1, 0.15) is 5.82 Å². The molecule has 0 saturated heterocycles. The second-order valence-corrected chi connectivity index (χ2v) is 4.98. The van der Waals surface area contributed by atoms with Crippen molar-refractivity contribution in [1.29, 1.82) is 0 Å². The SMILES string of the molecule is CC(=O)N(C)Cc1ccccc1NCc1ccnc(C)n1. The topological polar surface area (TPSA) is 58.1 Å². The fourth-order valence-corrected chi connectivity index (χ4v) is 1.99. The van der Waals surface area contributed by atoms with Gasteiger partial charge in [0.25, 0.3) is 0 Å². The van der Waals surface area contributed by atoms with Gasteiger partial charge in [-0.3, -0.25) is 4.79 Å². The molecule has 0 aliphatic carbocycles. The zero-order valence-corrected chi connectivity index (χ0v) is 12.6. The molecule has 0 fully saturated rings. The van der Waals surface area contributed by atoms with Gasteiger partial charge in [0, 0.05) is 32.4 Å². The Morgan fingerprint density at radius 1 is 1.29 bits per heavy atom. The minimum Gasteiger partial charge on any atom is -0.379 e. The lowest BCUT2D eigenvalue weighted by Gasteiger charge is -2.18. The summed E-state index contributed by atoms with van der Waals surface area (Å²) in [6.07, 6.45) is 1.76. The van der Waals surface area contributed by atoms with E-state index >= 15 is 0 Å². The van der Waals surface area contributed by atoms with E-state index in [1.165, 1.54) is 0 Å². The van der Waals surface area contributed by atoms with Crippen molar-refractivity contribution < 1.29 is 4.79 Å². The Morgan fingerprint density at radius 3 is 2.76 bits per heavy atom. The van der Waals surface area contributed by atoms with Crippen molar-refractivity contribution in [2.45, 2.75) is 26.9 Å². The second-order valence-electron chi connectivity index (χ2n) is 4.98. The van der Waals surface area contributed by atoms with Gasteiger partial charge in [0.15, 0.2) is 0 Å².